The third kappa shape index (κ3) is 4.44. The molecule has 1 aromatic heterocycles. The number of nitrogens with one attached hydrogen (secondary N) is 2. The van der Waals surface area contributed by atoms with Gasteiger partial charge in [-0.15, -0.1) is 6.58 Å². The highest BCUT2D eigenvalue weighted by atomic mass is 19.1. The molecule has 1 aliphatic carbocycles. The van der Waals surface area contributed by atoms with Crippen LogP contribution in [0.4, 0.5) is 15.9 Å². The molecule has 1 amide bonds. The first-order valence-electron chi connectivity index (χ1n) is 9.19. The van der Waals surface area contributed by atoms with Crippen molar-refractivity contribution in [1.82, 2.24) is 10.5 Å². The topological polar surface area (TPSA) is 113 Å². The Labute approximate surface area is 173 Å². The first-order valence-corrected chi connectivity index (χ1v) is 9.19. The van der Waals surface area contributed by atoms with Crippen LogP contribution in [0.25, 0.3) is 11.3 Å². The molecule has 0 aliphatic heterocycles. The van der Waals surface area contributed by atoms with Crippen LogP contribution in [0.1, 0.15) is 10.4 Å². The first kappa shape index (κ1) is 20.9. The van der Waals surface area contributed by atoms with Crippen molar-refractivity contribution in [3.05, 3.63) is 78.2 Å². The molecule has 0 saturated heterocycles. The van der Waals surface area contributed by atoms with Gasteiger partial charge in [0.05, 0.1) is 23.0 Å². The molecule has 2 unspecified atom stereocenters. The molecule has 7 nitrogen and oxygen atoms in total. The molecule has 1 aliphatic rings. The number of aromatic nitrogens is 1. The average Bonchev–Trinajstić information content (AvgIpc) is 2.77. The molecule has 30 heavy (non-hydrogen) atoms. The minimum absolute atomic E-state index is 0.0245. The third-order valence-electron chi connectivity index (χ3n) is 4.79. The van der Waals surface area contributed by atoms with Gasteiger partial charge < -0.3 is 11.1 Å². The molecule has 154 valence electrons. The van der Waals surface area contributed by atoms with Gasteiger partial charge in [0, 0.05) is 18.0 Å². The lowest BCUT2D eigenvalue weighted by atomic mass is 9.92. The van der Waals surface area contributed by atoms with E-state index in [0.29, 0.717) is 29.3 Å². The number of aliphatic imine (C=N–C) groups is 1. The largest absolute Gasteiger partial charge is 0.396 e. The zero-order valence-corrected chi connectivity index (χ0v) is 16.2. The Kier molecular flexibility index (Phi) is 6.38. The standard InChI is InChI=1S/C22H22FN5O2/c1-3-14-10-13(4-8-19(14)25-2)12-26-21-18(24)7-9-20(27-21)15-5-6-16(17(23)11-15)22(29)28-30/h3-11,14,19,30H,1-2,12,24H2,(H,26,27)(H,28,29). The number of pyridine rings is 1. The van der Waals surface area contributed by atoms with E-state index in [1.54, 1.807) is 18.2 Å². The molecule has 0 saturated carbocycles. The summed E-state index contributed by atoms with van der Waals surface area (Å²) in [5.74, 6) is -1.17. The van der Waals surface area contributed by atoms with Crippen molar-refractivity contribution >= 4 is 24.1 Å². The monoisotopic (exact) mass is 407 g/mol. The van der Waals surface area contributed by atoms with Gasteiger partial charge >= 0.3 is 0 Å². The van der Waals surface area contributed by atoms with Gasteiger partial charge in [0.15, 0.2) is 0 Å². The summed E-state index contributed by atoms with van der Waals surface area (Å²) in [7, 11) is 0. The van der Waals surface area contributed by atoms with Gasteiger partial charge in [-0.2, -0.15) is 0 Å². The number of benzene rings is 1. The number of hydroxylamine groups is 1. The van der Waals surface area contributed by atoms with E-state index in [1.807, 2.05) is 18.2 Å². The maximum atomic E-state index is 14.2. The van der Waals surface area contributed by atoms with Gasteiger partial charge in [-0.1, -0.05) is 30.4 Å². The predicted molar refractivity (Wildman–Crippen MR) is 116 cm³/mol. The highest BCUT2D eigenvalue weighted by Gasteiger charge is 2.17. The van der Waals surface area contributed by atoms with E-state index in [9.17, 15) is 9.18 Å². The molecule has 0 radical (unpaired) electrons. The van der Waals surface area contributed by atoms with Gasteiger partial charge in [-0.3, -0.25) is 15.0 Å². The number of rotatable bonds is 7. The van der Waals surface area contributed by atoms with E-state index in [2.05, 4.69) is 34.7 Å². The fourth-order valence-corrected chi connectivity index (χ4v) is 3.14. The molecule has 1 heterocycles. The summed E-state index contributed by atoms with van der Waals surface area (Å²) < 4.78 is 14.2. The molecule has 0 fully saturated rings. The van der Waals surface area contributed by atoms with Crippen molar-refractivity contribution in [3.63, 3.8) is 0 Å². The van der Waals surface area contributed by atoms with Crippen LogP contribution in [0.2, 0.25) is 0 Å². The quantitative estimate of drug-likeness (QED) is 0.243. The van der Waals surface area contributed by atoms with Crippen molar-refractivity contribution in [3.8, 4) is 11.3 Å². The number of nitrogen functional groups attached to an aromatic ring is 1. The number of hydrogen-bond acceptors (Lipinski definition) is 6. The Balaban J connectivity index is 1.79. The Morgan fingerprint density at radius 3 is 2.83 bits per heavy atom. The normalized spacial score (nSPS) is 17.7. The average molecular weight is 407 g/mol. The molecule has 3 rings (SSSR count). The molecule has 1 aromatic carbocycles. The summed E-state index contributed by atoms with van der Waals surface area (Å²) in [5, 5.41) is 11.9. The van der Waals surface area contributed by atoms with Crippen molar-refractivity contribution in [2.24, 2.45) is 10.9 Å². The van der Waals surface area contributed by atoms with Crippen molar-refractivity contribution in [2.45, 2.75) is 6.04 Å². The fourth-order valence-electron chi connectivity index (χ4n) is 3.14. The van der Waals surface area contributed by atoms with Gasteiger partial charge in [0.2, 0.25) is 0 Å². The number of hydrogen-bond donors (Lipinski definition) is 4. The summed E-state index contributed by atoms with van der Waals surface area (Å²) in [5.41, 5.74) is 9.60. The minimum atomic E-state index is -0.924. The summed E-state index contributed by atoms with van der Waals surface area (Å²) in [4.78, 5) is 20.0. The van der Waals surface area contributed by atoms with Crippen molar-refractivity contribution in [2.75, 3.05) is 17.6 Å². The van der Waals surface area contributed by atoms with Crippen molar-refractivity contribution in [1.29, 1.82) is 0 Å². The lowest BCUT2D eigenvalue weighted by Gasteiger charge is -2.20. The SMILES string of the molecule is C=CC1C=C(CNc2nc(-c3ccc(C(=O)NO)c(F)c3)ccc2N)C=CC1N=C. The highest BCUT2D eigenvalue weighted by molar-refractivity contribution is 5.94. The first-order chi connectivity index (χ1) is 14.5. The van der Waals surface area contributed by atoms with Crippen LogP contribution < -0.4 is 16.5 Å². The van der Waals surface area contributed by atoms with E-state index >= 15 is 0 Å². The van der Waals surface area contributed by atoms with Crippen LogP contribution in [0, 0.1) is 11.7 Å². The van der Waals surface area contributed by atoms with Crippen LogP contribution >= 0.6 is 0 Å². The second-order valence-corrected chi connectivity index (χ2v) is 6.71. The maximum Gasteiger partial charge on any atom is 0.277 e. The maximum absolute atomic E-state index is 14.2. The number of nitrogens with two attached hydrogens (primary N) is 1. The summed E-state index contributed by atoms with van der Waals surface area (Å²) in [6.45, 7) is 7.91. The van der Waals surface area contributed by atoms with Gasteiger partial charge in [0.25, 0.3) is 5.91 Å². The number of carbonyl (C=O) groups is 1. The second-order valence-electron chi connectivity index (χ2n) is 6.71. The highest BCUT2D eigenvalue weighted by Crippen LogP contribution is 2.26. The molecule has 0 bridgehead atoms. The second kappa shape index (κ2) is 9.15. The van der Waals surface area contributed by atoms with Crippen LogP contribution in [-0.4, -0.2) is 35.4 Å². The van der Waals surface area contributed by atoms with Crippen LogP contribution in [-0.2, 0) is 0 Å². The lowest BCUT2D eigenvalue weighted by Crippen LogP contribution is -2.19. The van der Waals surface area contributed by atoms with E-state index in [0.717, 1.165) is 5.57 Å². The van der Waals surface area contributed by atoms with Crippen molar-refractivity contribution < 1.29 is 14.4 Å². The third-order valence-corrected chi connectivity index (χ3v) is 4.79. The van der Waals surface area contributed by atoms with Gasteiger partial charge in [-0.05, 0) is 36.6 Å². The predicted octanol–water partition coefficient (Wildman–Crippen LogP) is 3.37. The fraction of sp³-hybridized carbons (Fsp3) is 0.136. The van der Waals surface area contributed by atoms with Crippen LogP contribution in [0.5, 0.6) is 0 Å². The number of carbonyl (C=O) groups excluding carboxylic acids is 1. The molecule has 2 atom stereocenters. The van der Waals surface area contributed by atoms with E-state index in [-0.39, 0.29) is 17.5 Å². The van der Waals surface area contributed by atoms with Gasteiger partial charge in [-0.25, -0.2) is 14.9 Å². The van der Waals surface area contributed by atoms with E-state index in [4.69, 9.17) is 10.9 Å². The number of anilines is 2. The summed E-state index contributed by atoms with van der Waals surface area (Å²) >= 11 is 0. The molecule has 0 spiro atoms. The molecule has 5 N–H and O–H groups in total. The van der Waals surface area contributed by atoms with Crippen LogP contribution in [0.3, 0.4) is 0 Å². The Hall–Kier alpha value is -3.78. The Bertz CT molecular complexity index is 1050. The summed E-state index contributed by atoms with van der Waals surface area (Å²) in [6, 6.07) is 7.30. The smallest absolute Gasteiger partial charge is 0.277 e. The van der Waals surface area contributed by atoms with E-state index in [1.165, 1.54) is 17.6 Å². The van der Waals surface area contributed by atoms with Crippen LogP contribution in [0.15, 0.2) is 71.8 Å². The molecular weight excluding hydrogens is 385 g/mol. The van der Waals surface area contributed by atoms with Gasteiger partial charge in [0.1, 0.15) is 11.6 Å². The molecule has 2 aromatic rings. The zero-order chi connectivity index (χ0) is 21.7. The molecular formula is C22H22FN5O2. The minimum Gasteiger partial charge on any atom is -0.396 e. The molecule has 8 heteroatoms. The Morgan fingerprint density at radius 1 is 1.37 bits per heavy atom. The number of halogens is 1. The number of nitrogens with zero attached hydrogens (tertiary/aromatic N) is 2. The lowest BCUT2D eigenvalue weighted by molar-refractivity contribution is 0.0702. The number of amides is 1. The zero-order valence-electron chi connectivity index (χ0n) is 16.2. The van der Waals surface area contributed by atoms with E-state index < -0.39 is 11.7 Å². The summed E-state index contributed by atoms with van der Waals surface area (Å²) in [6.07, 6.45) is 7.81. The Morgan fingerprint density at radius 2 is 2.17 bits per heavy atom.